The lowest BCUT2D eigenvalue weighted by molar-refractivity contribution is 0.410. The topological polar surface area (TPSA) is 29.9 Å². The van der Waals surface area contributed by atoms with E-state index in [9.17, 15) is 0 Å². The summed E-state index contributed by atoms with van der Waals surface area (Å²) in [4.78, 5) is 4.64. The minimum absolute atomic E-state index is 0.443. The van der Waals surface area contributed by atoms with Gasteiger partial charge in [-0.3, -0.25) is 0 Å². The summed E-state index contributed by atoms with van der Waals surface area (Å²) in [6.45, 7) is 5.39. The zero-order valence-corrected chi connectivity index (χ0v) is 11.7. The molecular formula is C16H21N3. The molecule has 0 radical (unpaired) electrons. The molecule has 1 saturated heterocycles. The summed E-state index contributed by atoms with van der Waals surface area (Å²) in [5.41, 5.74) is 3.81. The number of hydrogen-bond donors (Lipinski definition) is 1. The molecule has 1 N–H and O–H groups in total. The molecule has 3 heterocycles. The maximum atomic E-state index is 4.64. The minimum atomic E-state index is 0.443. The molecule has 2 aromatic rings. The monoisotopic (exact) mass is 255 g/mol. The van der Waals surface area contributed by atoms with Crippen LogP contribution in [-0.4, -0.2) is 16.1 Å². The van der Waals surface area contributed by atoms with Crippen LogP contribution in [0.4, 0.5) is 0 Å². The lowest BCUT2D eigenvalue weighted by atomic mass is 9.98. The number of rotatable bonds is 2. The van der Waals surface area contributed by atoms with Gasteiger partial charge in [-0.15, -0.1) is 0 Å². The van der Waals surface area contributed by atoms with Crippen molar-refractivity contribution in [1.82, 2.24) is 14.9 Å². The van der Waals surface area contributed by atoms with Crippen molar-refractivity contribution in [3.8, 4) is 5.82 Å². The first-order valence-electron chi connectivity index (χ1n) is 7.11. The van der Waals surface area contributed by atoms with Crippen molar-refractivity contribution in [3.63, 3.8) is 0 Å². The summed E-state index contributed by atoms with van der Waals surface area (Å²) in [7, 11) is 0. The first kappa shape index (κ1) is 12.4. The van der Waals surface area contributed by atoms with Crippen LogP contribution in [0.15, 0.2) is 30.5 Å². The van der Waals surface area contributed by atoms with E-state index in [-0.39, 0.29) is 0 Å². The van der Waals surface area contributed by atoms with Crippen LogP contribution in [0.3, 0.4) is 0 Å². The standard InChI is InChI=1S/C16H21N3/c1-12-8-9-13(2)19(12)16-14(6-5-11-18-16)15-7-3-4-10-17-15/h5-6,8-9,11,15,17H,3-4,7,10H2,1-2H3. The first-order valence-corrected chi connectivity index (χ1v) is 7.11. The fourth-order valence-corrected chi connectivity index (χ4v) is 2.99. The summed E-state index contributed by atoms with van der Waals surface area (Å²) in [6, 6.07) is 9.01. The zero-order valence-electron chi connectivity index (χ0n) is 11.7. The number of nitrogens with one attached hydrogen (secondary N) is 1. The predicted octanol–water partition coefficient (Wildman–Crippen LogP) is 3.30. The van der Waals surface area contributed by atoms with E-state index < -0.39 is 0 Å². The first-order chi connectivity index (χ1) is 9.27. The van der Waals surface area contributed by atoms with Crippen LogP contribution in [0.2, 0.25) is 0 Å². The Bertz CT molecular complexity index is 546. The molecule has 1 unspecified atom stereocenters. The van der Waals surface area contributed by atoms with E-state index in [1.54, 1.807) is 0 Å². The number of aryl methyl sites for hydroxylation is 2. The smallest absolute Gasteiger partial charge is 0.141 e. The highest BCUT2D eigenvalue weighted by atomic mass is 15.1. The van der Waals surface area contributed by atoms with E-state index >= 15 is 0 Å². The van der Waals surface area contributed by atoms with Crippen LogP contribution in [0, 0.1) is 13.8 Å². The van der Waals surface area contributed by atoms with E-state index in [0.29, 0.717) is 6.04 Å². The summed E-state index contributed by atoms with van der Waals surface area (Å²) in [5.74, 6) is 1.09. The van der Waals surface area contributed by atoms with E-state index in [1.165, 1.54) is 36.2 Å². The molecule has 0 spiro atoms. The molecule has 100 valence electrons. The third kappa shape index (κ3) is 2.30. The largest absolute Gasteiger partial charge is 0.310 e. The molecule has 0 aromatic carbocycles. The highest BCUT2D eigenvalue weighted by molar-refractivity contribution is 5.40. The molecular weight excluding hydrogens is 234 g/mol. The molecule has 0 amide bonds. The summed E-state index contributed by atoms with van der Waals surface area (Å²) < 4.78 is 2.26. The Balaban J connectivity index is 2.06. The van der Waals surface area contributed by atoms with E-state index in [2.05, 4.69) is 46.9 Å². The van der Waals surface area contributed by atoms with Gasteiger partial charge in [-0.2, -0.15) is 0 Å². The van der Waals surface area contributed by atoms with Gasteiger partial charge in [0.15, 0.2) is 0 Å². The highest BCUT2D eigenvalue weighted by Gasteiger charge is 2.20. The molecule has 2 aromatic heterocycles. The molecule has 19 heavy (non-hydrogen) atoms. The van der Waals surface area contributed by atoms with Crippen molar-refractivity contribution in [2.24, 2.45) is 0 Å². The molecule has 1 aliphatic heterocycles. The number of nitrogens with zero attached hydrogens (tertiary/aromatic N) is 2. The van der Waals surface area contributed by atoms with Crippen molar-refractivity contribution in [1.29, 1.82) is 0 Å². The minimum Gasteiger partial charge on any atom is -0.310 e. The number of aromatic nitrogens is 2. The van der Waals surface area contributed by atoms with Gasteiger partial charge < -0.3 is 9.88 Å². The van der Waals surface area contributed by atoms with E-state index in [4.69, 9.17) is 0 Å². The lowest BCUT2D eigenvalue weighted by Crippen LogP contribution is -2.28. The van der Waals surface area contributed by atoms with Crippen LogP contribution in [-0.2, 0) is 0 Å². The normalized spacial score (nSPS) is 19.6. The van der Waals surface area contributed by atoms with Crippen molar-refractivity contribution in [2.75, 3.05) is 6.54 Å². The van der Waals surface area contributed by atoms with Crippen molar-refractivity contribution < 1.29 is 0 Å². The molecule has 3 rings (SSSR count). The molecule has 1 fully saturated rings. The quantitative estimate of drug-likeness (QED) is 0.892. The van der Waals surface area contributed by atoms with Gasteiger partial charge in [0.2, 0.25) is 0 Å². The lowest BCUT2D eigenvalue weighted by Gasteiger charge is -2.26. The average Bonchev–Trinajstić information content (AvgIpc) is 2.79. The molecule has 3 nitrogen and oxygen atoms in total. The Kier molecular flexibility index (Phi) is 3.38. The van der Waals surface area contributed by atoms with Gasteiger partial charge in [0.1, 0.15) is 5.82 Å². The van der Waals surface area contributed by atoms with Crippen molar-refractivity contribution in [2.45, 2.75) is 39.2 Å². The fraction of sp³-hybridized carbons (Fsp3) is 0.438. The SMILES string of the molecule is Cc1ccc(C)n1-c1ncccc1C1CCCCN1. The van der Waals surface area contributed by atoms with E-state index in [1.807, 2.05) is 12.3 Å². The number of pyridine rings is 1. The average molecular weight is 255 g/mol. The van der Waals surface area contributed by atoms with Gasteiger partial charge >= 0.3 is 0 Å². The van der Waals surface area contributed by atoms with Gasteiger partial charge in [-0.25, -0.2) is 4.98 Å². The molecule has 1 aliphatic rings. The predicted molar refractivity (Wildman–Crippen MR) is 77.6 cm³/mol. The number of hydrogen-bond acceptors (Lipinski definition) is 2. The Morgan fingerprint density at radius 1 is 1.16 bits per heavy atom. The summed E-state index contributed by atoms with van der Waals surface area (Å²) in [6.07, 6.45) is 5.68. The fourth-order valence-electron chi connectivity index (χ4n) is 2.99. The Labute approximate surface area is 114 Å². The van der Waals surface area contributed by atoms with Gasteiger partial charge in [0.05, 0.1) is 0 Å². The second kappa shape index (κ2) is 5.17. The molecule has 1 atom stereocenters. The van der Waals surface area contributed by atoms with Gasteiger partial charge in [0, 0.05) is 29.2 Å². The second-order valence-electron chi connectivity index (χ2n) is 5.37. The zero-order chi connectivity index (χ0) is 13.2. The summed E-state index contributed by atoms with van der Waals surface area (Å²) >= 11 is 0. The Morgan fingerprint density at radius 2 is 1.95 bits per heavy atom. The van der Waals surface area contributed by atoms with Crippen molar-refractivity contribution >= 4 is 0 Å². The Morgan fingerprint density at radius 3 is 2.63 bits per heavy atom. The molecule has 0 bridgehead atoms. The van der Waals surface area contributed by atoms with Crippen LogP contribution in [0.1, 0.15) is 42.3 Å². The second-order valence-corrected chi connectivity index (χ2v) is 5.37. The van der Waals surface area contributed by atoms with Gasteiger partial charge in [0.25, 0.3) is 0 Å². The highest BCUT2D eigenvalue weighted by Crippen LogP contribution is 2.28. The van der Waals surface area contributed by atoms with Crippen molar-refractivity contribution in [3.05, 3.63) is 47.4 Å². The van der Waals surface area contributed by atoms with Crippen LogP contribution >= 0.6 is 0 Å². The molecule has 0 saturated carbocycles. The van der Waals surface area contributed by atoms with Crippen LogP contribution < -0.4 is 5.32 Å². The maximum absolute atomic E-state index is 4.64. The molecule has 0 aliphatic carbocycles. The van der Waals surface area contributed by atoms with E-state index in [0.717, 1.165) is 12.4 Å². The third-order valence-corrected chi connectivity index (χ3v) is 3.99. The van der Waals surface area contributed by atoms with Gasteiger partial charge in [-0.1, -0.05) is 12.5 Å². The Hall–Kier alpha value is -1.61. The van der Waals surface area contributed by atoms with Crippen LogP contribution in [0.25, 0.3) is 5.82 Å². The van der Waals surface area contributed by atoms with Gasteiger partial charge in [-0.05, 0) is 51.4 Å². The molecule has 3 heteroatoms. The van der Waals surface area contributed by atoms with Crippen LogP contribution in [0.5, 0.6) is 0 Å². The third-order valence-electron chi connectivity index (χ3n) is 3.99. The maximum Gasteiger partial charge on any atom is 0.141 e. The number of piperidine rings is 1. The summed E-state index contributed by atoms with van der Waals surface area (Å²) in [5, 5.41) is 3.62.